The highest BCUT2D eigenvalue weighted by atomic mass is 16.5. The lowest BCUT2D eigenvalue weighted by molar-refractivity contribution is 0.436. The van der Waals surface area contributed by atoms with Crippen LogP contribution in [0.5, 0.6) is 11.5 Å². The van der Waals surface area contributed by atoms with E-state index < -0.39 is 5.41 Å². The van der Waals surface area contributed by atoms with Gasteiger partial charge in [-0.2, -0.15) is 5.26 Å². The van der Waals surface area contributed by atoms with Crippen molar-refractivity contribution in [2.45, 2.75) is 5.41 Å². The van der Waals surface area contributed by atoms with Crippen molar-refractivity contribution in [3.05, 3.63) is 198 Å². The number of fused-ring (bicyclic) bond motifs is 9. The van der Waals surface area contributed by atoms with Crippen molar-refractivity contribution in [2.24, 2.45) is 0 Å². The summed E-state index contributed by atoms with van der Waals surface area (Å²) in [6, 6.07) is 60.2. The van der Waals surface area contributed by atoms with Crippen LogP contribution >= 0.6 is 0 Å². The maximum absolute atomic E-state index is 9.22. The third-order valence-corrected chi connectivity index (χ3v) is 10.3. The van der Waals surface area contributed by atoms with Crippen LogP contribution in [0, 0.1) is 11.3 Å². The van der Waals surface area contributed by atoms with Crippen LogP contribution < -0.4 is 4.74 Å². The van der Waals surface area contributed by atoms with Crippen molar-refractivity contribution in [3.63, 3.8) is 0 Å². The average Bonchev–Trinajstić information content (AvgIpc) is 3.51. The fourth-order valence-corrected chi connectivity index (χ4v) is 7.90. The van der Waals surface area contributed by atoms with Crippen molar-refractivity contribution in [3.8, 4) is 74.0 Å². The molecular formula is C47H28N4O. The van der Waals surface area contributed by atoms with Crippen LogP contribution in [0.15, 0.2) is 170 Å². The van der Waals surface area contributed by atoms with Crippen LogP contribution in [-0.2, 0) is 5.41 Å². The molecule has 242 valence electrons. The molecule has 5 heteroatoms. The lowest BCUT2D eigenvalue weighted by Crippen LogP contribution is -2.32. The first-order chi connectivity index (χ1) is 25.7. The third kappa shape index (κ3) is 4.52. The number of hydrogen-bond donors (Lipinski definition) is 0. The molecule has 0 radical (unpaired) electrons. The number of aromatic nitrogens is 3. The zero-order chi connectivity index (χ0) is 34.6. The zero-order valence-corrected chi connectivity index (χ0v) is 27.9. The molecule has 7 aromatic carbocycles. The van der Waals surface area contributed by atoms with E-state index in [1.807, 2.05) is 78.9 Å². The molecule has 0 amide bonds. The lowest BCUT2D eigenvalue weighted by atomic mass is 9.66. The van der Waals surface area contributed by atoms with E-state index in [0.29, 0.717) is 23.0 Å². The molecule has 2 aliphatic rings. The van der Waals surface area contributed by atoms with Gasteiger partial charge in [-0.15, -0.1) is 0 Å². The van der Waals surface area contributed by atoms with Crippen molar-refractivity contribution >= 4 is 0 Å². The first kappa shape index (κ1) is 29.7. The minimum Gasteiger partial charge on any atom is -0.457 e. The molecular weight excluding hydrogens is 637 g/mol. The molecule has 0 saturated heterocycles. The smallest absolute Gasteiger partial charge is 0.164 e. The molecule has 1 aromatic heterocycles. The van der Waals surface area contributed by atoms with E-state index in [-0.39, 0.29) is 0 Å². The number of benzene rings is 7. The number of para-hydroxylation sites is 2. The van der Waals surface area contributed by atoms with Gasteiger partial charge in [0.25, 0.3) is 0 Å². The van der Waals surface area contributed by atoms with Gasteiger partial charge >= 0.3 is 0 Å². The van der Waals surface area contributed by atoms with Crippen molar-refractivity contribution in [1.82, 2.24) is 15.0 Å². The zero-order valence-electron chi connectivity index (χ0n) is 27.9. The van der Waals surface area contributed by atoms with Crippen molar-refractivity contribution < 1.29 is 4.74 Å². The second-order valence-corrected chi connectivity index (χ2v) is 13.1. The summed E-state index contributed by atoms with van der Waals surface area (Å²) in [5, 5.41) is 9.22. The number of nitriles is 1. The van der Waals surface area contributed by atoms with E-state index >= 15 is 0 Å². The minimum atomic E-state index is -0.536. The van der Waals surface area contributed by atoms with Gasteiger partial charge < -0.3 is 4.74 Å². The number of ether oxygens (including phenoxy) is 1. The molecule has 2 heterocycles. The Morgan fingerprint density at radius 2 is 0.865 bits per heavy atom. The van der Waals surface area contributed by atoms with E-state index in [9.17, 15) is 5.26 Å². The summed E-state index contributed by atoms with van der Waals surface area (Å²) in [6.45, 7) is 0. The summed E-state index contributed by atoms with van der Waals surface area (Å²) >= 11 is 0. The van der Waals surface area contributed by atoms with Gasteiger partial charge in [0.05, 0.1) is 17.0 Å². The van der Waals surface area contributed by atoms with E-state index in [4.69, 9.17) is 19.7 Å². The molecule has 52 heavy (non-hydrogen) atoms. The van der Waals surface area contributed by atoms with Crippen molar-refractivity contribution in [2.75, 3.05) is 0 Å². The molecule has 1 aliphatic heterocycles. The highest BCUT2D eigenvalue weighted by molar-refractivity contribution is 5.90. The Bertz CT molecular complexity index is 2670. The van der Waals surface area contributed by atoms with Crippen LogP contribution in [0.4, 0.5) is 0 Å². The fourth-order valence-electron chi connectivity index (χ4n) is 7.90. The predicted molar refractivity (Wildman–Crippen MR) is 204 cm³/mol. The first-order valence-electron chi connectivity index (χ1n) is 17.2. The molecule has 10 rings (SSSR count). The molecule has 8 aromatic rings. The summed E-state index contributed by atoms with van der Waals surface area (Å²) in [4.78, 5) is 15.2. The molecule has 0 saturated carbocycles. The third-order valence-electron chi connectivity index (χ3n) is 10.3. The Hall–Kier alpha value is -7.16. The van der Waals surface area contributed by atoms with Gasteiger partial charge in [-0.05, 0) is 63.7 Å². The van der Waals surface area contributed by atoms with Gasteiger partial charge in [-0.25, -0.2) is 15.0 Å². The van der Waals surface area contributed by atoms with Gasteiger partial charge in [-0.3, -0.25) is 0 Å². The summed E-state index contributed by atoms with van der Waals surface area (Å²) < 4.78 is 6.50. The van der Waals surface area contributed by atoms with E-state index in [0.717, 1.165) is 56.0 Å². The molecule has 0 atom stereocenters. The molecule has 0 fully saturated rings. The predicted octanol–water partition coefficient (Wildman–Crippen LogP) is 10.9. The molecule has 0 bridgehead atoms. The molecule has 1 aliphatic carbocycles. The molecule has 1 spiro atoms. The minimum absolute atomic E-state index is 0.536. The normalized spacial score (nSPS) is 12.9. The first-order valence-corrected chi connectivity index (χ1v) is 17.2. The Labute approximate surface area is 301 Å². The Balaban J connectivity index is 1.14. The SMILES string of the molecule is N#Cc1ccc(-c2ccc(-c3nc(-c4ccccc4)nc(-c4ccc5c(c4)-c4ccccc4C54c5ccccc5Oc5ccccc54)n3)cc2)cc1. The molecule has 0 unspecified atom stereocenters. The Kier molecular flexibility index (Phi) is 6.70. The summed E-state index contributed by atoms with van der Waals surface area (Å²) in [7, 11) is 0. The van der Waals surface area contributed by atoms with E-state index in [1.165, 1.54) is 16.7 Å². The molecule has 5 nitrogen and oxygen atoms in total. The van der Waals surface area contributed by atoms with Crippen LogP contribution in [-0.4, -0.2) is 15.0 Å². The monoisotopic (exact) mass is 664 g/mol. The van der Waals surface area contributed by atoms with Gasteiger partial charge in [-0.1, -0.05) is 140 Å². The summed E-state index contributed by atoms with van der Waals surface area (Å²) in [6.07, 6.45) is 0. The second-order valence-electron chi connectivity index (χ2n) is 13.1. The van der Waals surface area contributed by atoms with Crippen LogP contribution in [0.25, 0.3) is 56.4 Å². The largest absolute Gasteiger partial charge is 0.457 e. The van der Waals surface area contributed by atoms with Gasteiger partial charge in [0.2, 0.25) is 0 Å². The van der Waals surface area contributed by atoms with Crippen LogP contribution in [0.3, 0.4) is 0 Å². The average molecular weight is 665 g/mol. The molecule has 0 N–H and O–H groups in total. The number of hydrogen-bond acceptors (Lipinski definition) is 5. The van der Waals surface area contributed by atoms with Crippen LogP contribution in [0.1, 0.15) is 27.8 Å². The van der Waals surface area contributed by atoms with E-state index in [2.05, 4.69) is 97.1 Å². The highest BCUT2D eigenvalue weighted by Crippen LogP contribution is 2.62. The standard InChI is InChI=1S/C47H28N4O/c48-29-30-18-20-31(21-19-30)32-22-24-34(25-23-32)45-49-44(33-10-2-1-3-11-33)50-46(51-45)35-26-27-39-37(28-35)36-12-4-5-13-38(36)47(39)40-14-6-8-16-42(40)52-43-17-9-7-15-41(43)47/h1-28H. The Morgan fingerprint density at radius 1 is 0.404 bits per heavy atom. The fraction of sp³-hybridized carbons (Fsp3) is 0.0213. The summed E-state index contributed by atoms with van der Waals surface area (Å²) in [5.74, 6) is 3.55. The summed E-state index contributed by atoms with van der Waals surface area (Å²) in [5.41, 5.74) is 11.9. The van der Waals surface area contributed by atoms with Gasteiger partial charge in [0.1, 0.15) is 11.5 Å². The van der Waals surface area contributed by atoms with Crippen molar-refractivity contribution in [1.29, 1.82) is 5.26 Å². The van der Waals surface area contributed by atoms with E-state index in [1.54, 1.807) is 0 Å². The van der Waals surface area contributed by atoms with Gasteiger partial charge in [0.15, 0.2) is 17.5 Å². The topological polar surface area (TPSA) is 71.7 Å². The lowest BCUT2D eigenvalue weighted by Gasteiger charge is -2.39. The Morgan fingerprint density at radius 3 is 1.50 bits per heavy atom. The highest BCUT2D eigenvalue weighted by Gasteiger charge is 2.50. The second kappa shape index (κ2) is 11.7. The maximum atomic E-state index is 9.22. The quantitative estimate of drug-likeness (QED) is 0.187. The van der Waals surface area contributed by atoms with Gasteiger partial charge in [0, 0.05) is 27.8 Å². The number of rotatable bonds is 4. The maximum Gasteiger partial charge on any atom is 0.164 e. The van der Waals surface area contributed by atoms with Crippen LogP contribution in [0.2, 0.25) is 0 Å². The number of nitrogens with zero attached hydrogens (tertiary/aromatic N) is 4.